The first kappa shape index (κ1) is 25.7. The van der Waals surface area contributed by atoms with Gasteiger partial charge in [0.2, 0.25) is 5.91 Å². The van der Waals surface area contributed by atoms with E-state index in [0.29, 0.717) is 31.8 Å². The number of rotatable bonds is 13. The summed E-state index contributed by atoms with van der Waals surface area (Å²) in [5.41, 5.74) is 2.88. The molecule has 1 aromatic heterocycles. The first-order chi connectivity index (χ1) is 16.6. The Morgan fingerprint density at radius 3 is 2.29 bits per heavy atom. The van der Waals surface area contributed by atoms with E-state index in [1.54, 1.807) is 23.3 Å². The first-order valence-corrected chi connectivity index (χ1v) is 12.7. The van der Waals surface area contributed by atoms with Crippen molar-refractivity contribution in [3.05, 3.63) is 93.7 Å². The third kappa shape index (κ3) is 7.82. The Hall–Kier alpha value is -2.96. The minimum Gasteiger partial charge on any atom is -0.383 e. The molecule has 180 valence electrons. The van der Waals surface area contributed by atoms with Crippen LogP contribution in [-0.4, -0.2) is 48.4 Å². The molecule has 2 aromatic carbocycles. The van der Waals surface area contributed by atoms with Gasteiger partial charge in [-0.25, -0.2) is 0 Å². The average Bonchev–Trinajstić information content (AvgIpc) is 3.38. The Morgan fingerprint density at radius 2 is 1.65 bits per heavy atom. The molecule has 5 nitrogen and oxygen atoms in total. The second-order valence-electron chi connectivity index (χ2n) is 8.33. The Morgan fingerprint density at radius 1 is 0.882 bits per heavy atom. The molecular weight excluding hydrogens is 444 g/mol. The van der Waals surface area contributed by atoms with Gasteiger partial charge >= 0.3 is 0 Å². The quantitative estimate of drug-likeness (QED) is 0.330. The van der Waals surface area contributed by atoms with Crippen molar-refractivity contribution in [1.82, 2.24) is 9.80 Å². The van der Waals surface area contributed by atoms with Gasteiger partial charge < -0.3 is 14.5 Å². The number of thiophene rings is 1. The third-order valence-electron chi connectivity index (χ3n) is 5.69. The van der Waals surface area contributed by atoms with E-state index in [1.807, 2.05) is 77.0 Å². The van der Waals surface area contributed by atoms with Crippen molar-refractivity contribution in [2.45, 2.75) is 39.3 Å². The lowest BCUT2D eigenvalue weighted by Crippen LogP contribution is -2.43. The number of benzene rings is 2. The Labute approximate surface area is 207 Å². The van der Waals surface area contributed by atoms with Crippen molar-refractivity contribution >= 4 is 23.2 Å². The van der Waals surface area contributed by atoms with Crippen LogP contribution in [0.4, 0.5) is 0 Å². The topological polar surface area (TPSA) is 49.9 Å². The Kier molecular flexibility index (Phi) is 10.3. The number of carbonyl (C=O) groups is 2. The summed E-state index contributed by atoms with van der Waals surface area (Å²) in [7, 11) is 1.60. The fraction of sp³-hybridized carbons (Fsp3) is 0.357. The molecule has 0 fully saturated rings. The Bertz CT molecular complexity index is 1000. The van der Waals surface area contributed by atoms with Gasteiger partial charge in [-0.1, -0.05) is 61.9 Å². The normalized spacial score (nSPS) is 10.8. The van der Waals surface area contributed by atoms with Gasteiger partial charge in [0.25, 0.3) is 5.91 Å². The van der Waals surface area contributed by atoms with Gasteiger partial charge in [0, 0.05) is 30.6 Å². The molecule has 1 heterocycles. The van der Waals surface area contributed by atoms with Crippen LogP contribution >= 0.6 is 11.3 Å². The third-order valence-corrected chi connectivity index (χ3v) is 6.56. The van der Waals surface area contributed by atoms with Crippen molar-refractivity contribution in [1.29, 1.82) is 0 Å². The number of hydrogen-bond donors (Lipinski definition) is 0. The summed E-state index contributed by atoms with van der Waals surface area (Å²) >= 11 is 1.63. The van der Waals surface area contributed by atoms with Gasteiger partial charge in [0.05, 0.1) is 13.2 Å². The van der Waals surface area contributed by atoms with Crippen LogP contribution < -0.4 is 0 Å². The number of nitrogens with zero attached hydrogens (tertiary/aromatic N) is 2. The number of unbranched alkanes of at least 4 members (excludes halogenated alkanes) is 1. The van der Waals surface area contributed by atoms with Crippen molar-refractivity contribution in [3.63, 3.8) is 0 Å². The van der Waals surface area contributed by atoms with E-state index >= 15 is 0 Å². The highest BCUT2D eigenvalue weighted by atomic mass is 32.1. The molecular formula is C28H34N2O3S. The fourth-order valence-corrected chi connectivity index (χ4v) is 4.44. The molecule has 0 bridgehead atoms. The molecule has 0 spiro atoms. The van der Waals surface area contributed by atoms with E-state index in [-0.39, 0.29) is 18.4 Å². The van der Waals surface area contributed by atoms with Crippen LogP contribution in [0.3, 0.4) is 0 Å². The predicted molar refractivity (Wildman–Crippen MR) is 138 cm³/mol. The highest BCUT2D eigenvalue weighted by Crippen LogP contribution is 2.16. The summed E-state index contributed by atoms with van der Waals surface area (Å²) in [6.07, 6.45) is 3.27. The number of amides is 2. The maximum Gasteiger partial charge on any atom is 0.254 e. The summed E-state index contributed by atoms with van der Waals surface area (Å²) in [4.78, 5) is 31.3. The summed E-state index contributed by atoms with van der Waals surface area (Å²) < 4.78 is 5.23. The minimum atomic E-state index is -0.150. The zero-order chi connectivity index (χ0) is 24.2. The van der Waals surface area contributed by atoms with Crippen molar-refractivity contribution in [3.8, 4) is 0 Å². The molecule has 0 saturated carbocycles. The summed E-state index contributed by atoms with van der Waals surface area (Å²) in [6, 6.07) is 21.7. The molecule has 0 N–H and O–H groups in total. The average molecular weight is 479 g/mol. The maximum absolute atomic E-state index is 13.5. The number of methoxy groups -OCH3 is 1. The molecule has 0 aliphatic heterocycles. The number of hydrogen-bond acceptors (Lipinski definition) is 4. The lowest BCUT2D eigenvalue weighted by molar-refractivity contribution is -0.133. The SMILES string of the molecule is CCCCc1ccc(C(=O)N(CCOC)CC(=O)N(Cc2ccccc2)Cc2cccs2)cc1. The molecule has 0 atom stereocenters. The van der Waals surface area contributed by atoms with Gasteiger partial charge in [-0.15, -0.1) is 11.3 Å². The second kappa shape index (κ2) is 13.7. The Balaban J connectivity index is 1.74. The molecule has 3 aromatic rings. The lowest BCUT2D eigenvalue weighted by Gasteiger charge is -2.27. The summed E-state index contributed by atoms with van der Waals surface area (Å²) in [6.45, 7) is 3.92. The van der Waals surface area contributed by atoms with Crippen LogP contribution in [0.2, 0.25) is 0 Å². The number of aryl methyl sites for hydroxylation is 1. The van der Waals surface area contributed by atoms with E-state index in [4.69, 9.17) is 4.74 Å². The lowest BCUT2D eigenvalue weighted by atomic mass is 10.1. The molecule has 3 rings (SSSR count). The van der Waals surface area contributed by atoms with Crippen molar-refractivity contribution in [2.24, 2.45) is 0 Å². The zero-order valence-electron chi connectivity index (χ0n) is 20.1. The summed E-state index contributed by atoms with van der Waals surface area (Å²) in [5.74, 6) is -0.232. The van der Waals surface area contributed by atoms with E-state index in [9.17, 15) is 9.59 Å². The van der Waals surface area contributed by atoms with Gasteiger partial charge in [0.15, 0.2) is 0 Å². The minimum absolute atomic E-state index is 0.0119. The van der Waals surface area contributed by atoms with Crippen LogP contribution in [0.5, 0.6) is 0 Å². The molecule has 0 saturated heterocycles. The monoisotopic (exact) mass is 478 g/mol. The largest absolute Gasteiger partial charge is 0.383 e. The second-order valence-corrected chi connectivity index (χ2v) is 9.37. The van der Waals surface area contributed by atoms with Crippen molar-refractivity contribution in [2.75, 3.05) is 26.8 Å². The van der Waals surface area contributed by atoms with Crippen LogP contribution in [0.25, 0.3) is 0 Å². The fourth-order valence-electron chi connectivity index (χ4n) is 3.72. The van der Waals surface area contributed by atoms with Crippen molar-refractivity contribution < 1.29 is 14.3 Å². The van der Waals surface area contributed by atoms with E-state index < -0.39 is 0 Å². The van der Waals surface area contributed by atoms with E-state index in [2.05, 4.69) is 6.92 Å². The van der Waals surface area contributed by atoms with E-state index in [0.717, 1.165) is 29.7 Å². The molecule has 2 amide bonds. The molecule has 0 aliphatic rings. The van der Waals surface area contributed by atoms with Crippen LogP contribution in [-0.2, 0) is 29.0 Å². The smallest absolute Gasteiger partial charge is 0.254 e. The maximum atomic E-state index is 13.5. The van der Waals surface area contributed by atoms with E-state index in [1.165, 1.54) is 5.56 Å². The van der Waals surface area contributed by atoms with Gasteiger partial charge in [-0.2, -0.15) is 0 Å². The zero-order valence-corrected chi connectivity index (χ0v) is 20.9. The molecule has 0 radical (unpaired) electrons. The number of ether oxygens (including phenoxy) is 1. The molecule has 6 heteroatoms. The standard InChI is InChI=1S/C28H34N2O3S/c1-3-4-9-23-13-15-25(16-14-23)28(32)29(17-18-33-2)22-27(31)30(21-26-12-8-19-34-26)20-24-10-6-5-7-11-24/h5-8,10-16,19H,3-4,9,17-18,20-22H2,1-2H3. The van der Waals surface area contributed by atoms with Gasteiger partial charge in [0.1, 0.15) is 6.54 Å². The van der Waals surface area contributed by atoms with Gasteiger partial charge in [-0.3, -0.25) is 9.59 Å². The molecule has 0 aliphatic carbocycles. The highest BCUT2D eigenvalue weighted by Gasteiger charge is 2.23. The highest BCUT2D eigenvalue weighted by molar-refractivity contribution is 7.09. The van der Waals surface area contributed by atoms with Crippen LogP contribution in [0.1, 0.15) is 46.1 Å². The van der Waals surface area contributed by atoms with Crippen LogP contribution in [0, 0.1) is 0 Å². The first-order valence-electron chi connectivity index (χ1n) is 11.8. The van der Waals surface area contributed by atoms with Crippen LogP contribution in [0.15, 0.2) is 72.1 Å². The molecule has 34 heavy (non-hydrogen) atoms. The predicted octanol–water partition coefficient (Wildman–Crippen LogP) is 5.41. The molecule has 0 unspecified atom stereocenters. The summed E-state index contributed by atoms with van der Waals surface area (Å²) in [5, 5.41) is 2.01. The number of carbonyl (C=O) groups excluding carboxylic acids is 2. The van der Waals surface area contributed by atoms with Gasteiger partial charge in [-0.05, 0) is 47.5 Å².